The number of ether oxygens (including phenoxy) is 3. The summed E-state index contributed by atoms with van der Waals surface area (Å²) in [6.07, 6.45) is -1.65. The quantitative estimate of drug-likeness (QED) is 0.140. The van der Waals surface area contributed by atoms with Crippen molar-refractivity contribution in [2.24, 2.45) is 11.8 Å². The van der Waals surface area contributed by atoms with E-state index in [1.165, 1.54) is 11.0 Å². The van der Waals surface area contributed by atoms with Gasteiger partial charge in [0.1, 0.15) is 5.75 Å². The molecular weight excluding hydrogens is 819 g/mol. The predicted octanol–water partition coefficient (Wildman–Crippen LogP) is 6.00. The molecule has 14 nitrogen and oxygen atoms in total. The molecule has 0 aromatic heterocycles. The SMILES string of the molecule is COc1ccc2c(c1)CCN(C1CCN(C(=O)O[C@H](Cc3cc(Cl)c(N)c(C(F)(F)F)c3)C(=O)N3CCC(C4CCN(CC(=O)OCCCN(C)C)CC4)CC3)CC1)C(=O)N2. The van der Waals surface area contributed by atoms with Crippen molar-refractivity contribution in [1.29, 1.82) is 0 Å². The van der Waals surface area contributed by atoms with Crippen LogP contribution >= 0.6 is 11.6 Å². The number of nitrogens with two attached hydrogens (primary N) is 1. The number of nitrogens with zero attached hydrogens (tertiary/aromatic N) is 5. The standard InChI is InChI=1S/C43H59ClF3N7O7/c1-50(2)14-4-22-60-38(55)27-51-15-7-29(8-16-51)30-9-17-52(18-10-30)40(56)37(25-28-23-34(43(45,46)47)39(48)35(44)24-28)61-42(58)53-19-12-32(13-20-53)54-21-11-31-26-33(59-3)5-6-36(31)49-41(54)57/h5-6,23-24,26,29-30,32,37H,4,7-22,25,27,48H2,1-3H3,(H,49,57)/t37-/m1/s1. The minimum absolute atomic E-state index is 0.0567. The third-order valence-corrected chi connectivity index (χ3v) is 12.9. The molecule has 0 aliphatic carbocycles. The highest BCUT2D eigenvalue weighted by Gasteiger charge is 2.39. The van der Waals surface area contributed by atoms with Gasteiger partial charge in [-0.05, 0) is 132 Å². The number of hydrogen-bond donors (Lipinski definition) is 2. The fourth-order valence-corrected chi connectivity index (χ4v) is 9.29. The van der Waals surface area contributed by atoms with Crippen LogP contribution in [0.1, 0.15) is 61.6 Å². The molecule has 61 heavy (non-hydrogen) atoms. The molecule has 3 N–H and O–H groups in total. The van der Waals surface area contributed by atoms with Crippen molar-refractivity contribution in [3.05, 3.63) is 52.0 Å². The lowest BCUT2D eigenvalue weighted by Crippen LogP contribution is -2.52. The second-order valence-corrected chi connectivity index (χ2v) is 17.3. The molecule has 6 rings (SSSR count). The van der Waals surface area contributed by atoms with Gasteiger partial charge in [0.2, 0.25) is 0 Å². The van der Waals surface area contributed by atoms with Gasteiger partial charge in [-0.1, -0.05) is 11.6 Å². The molecule has 4 aliphatic heterocycles. The molecule has 1 atom stereocenters. The summed E-state index contributed by atoms with van der Waals surface area (Å²) in [7, 11) is 5.54. The molecule has 18 heteroatoms. The highest BCUT2D eigenvalue weighted by atomic mass is 35.5. The highest BCUT2D eigenvalue weighted by Crippen LogP contribution is 2.39. The van der Waals surface area contributed by atoms with Gasteiger partial charge in [-0.15, -0.1) is 0 Å². The van der Waals surface area contributed by atoms with Crippen molar-refractivity contribution in [1.82, 2.24) is 24.5 Å². The van der Waals surface area contributed by atoms with Crippen molar-refractivity contribution >= 4 is 47.0 Å². The summed E-state index contributed by atoms with van der Waals surface area (Å²) in [5.74, 6) is 0.790. The molecule has 3 fully saturated rings. The van der Waals surface area contributed by atoms with Crippen molar-refractivity contribution in [2.75, 3.05) is 97.8 Å². The van der Waals surface area contributed by atoms with E-state index in [0.717, 1.165) is 69.1 Å². The van der Waals surface area contributed by atoms with E-state index in [0.29, 0.717) is 63.1 Å². The number of urea groups is 1. The number of alkyl halides is 3. The molecule has 2 aromatic rings. The number of carbonyl (C=O) groups excluding carboxylic acids is 4. The number of rotatable bonds is 13. The molecule has 4 amide bonds. The lowest BCUT2D eigenvalue weighted by Gasteiger charge is -2.41. The van der Waals surface area contributed by atoms with E-state index < -0.39 is 35.5 Å². The first-order valence-electron chi connectivity index (χ1n) is 21.3. The van der Waals surface area contributed by atoms with E-state index in [1.807, 2.05) is 31.1 Å². The number of nitrogens with one attached hydrogen (secondary N) is 1. The summed E-state index contributed by atoms with van der Waals surface area (Å²) in [5, 5.41) is 2.67. The Morgan fingerprint density at radius 3 is 2.23 bits per heavy atom. The van der Waals surface area contributed by atoms with E-state index in [2.05, 4.69) is 10.2 Å². The Balaban J connectivity index is 1.05. The lowest BCUT2D eigenvalue weighted by atomic mass is 9.78. The molecule has 3 saturated heterocycles. The summed E-state index contributed by atoms with van der Waals surface area (Å²) in [4.78, 5) is 62.7. The Morgan fingerprint density at radius 1 is 0.934 bits per heavy atom. The van der Waals surface area contributed by atoms with Crippen molar-refractivity contribution in [2.45, 2.75) is 76.1 Å². The lowest BCUT2D eigenvalue weighted by molar-refractivity contribution is -0.145. The molecule has 0 unspecified atom stereocenters. The topological polar surface area (TPSA) is 150 Å². The molecule has 4 aliphatic rings. The van der Waals surface area contributed by atoms with Crippen LogP contribution in [0, 0.1) is 11.8 Å². The van der Waals surface area contributed by atoms with Crippen molar-refractivity contribution in [3.8, 4) is 5.75 Å². The van der Waals surface area contributed by atoms with Crippen molar-refractivity contribution in [3.63, 3.8) is 0 Å². The van der Waals surface area contributed by atoms with E-state index in [9.17, 15) is 32.3 Å². The first-order chi connectivity index (χ1) is 29.1. The Kier molecular flexibility index (Phi) is 15.5. The zero-order chi connectivity index (χ0) is 43.8. The largest absolute Gasteiger partial charge is 0.497 e. The van der Waals surface area contributed by atoms with Crippen LogP contribution in [0.4, 0.5) is 34.1 Å². The number of benzene rings is 2. The summed E-state index contributed by atoms with van der Waals surface area (Å²) in [5.41, 5.74) is 5.69. The molecule has 4 heterocycles. The minimum Gasteiger partial charge on any atom is -0.497 e. The highest BCUT2D eigenvalue weighted by molar-refractivity contribution is 6.33. The fourth-order valence-electron chi connectivity index (χ4n) is 9.05. The number of esters is 1. The van der Waals surface area contributed by atoms with Gasteiger partial charge in [-0.2, -0.15) is 13.2 Å². The predicted molar refractivity (Wildman–Crippen MR) is 224 cm³/mol. The average molecular weight is 878 g/mol. The number of piperidine rings is 3. The number of carbonyl (C=O) groups is 4. The van der Waals surface area contributed by atoms with Gasteiger partial charge in [-0.25, -0.2) is 9.59 Å². The van der Waals surface area contributed by atoms with Crippen LogP contribution in [0.3, 0.4) is 0 Å². The number of hydrogen-bond acceptors (Lipinski definition) is 10. The number of methoxy groups -OCH3 is 1. The molecule has 336 valence electrons. The van der Waals surface area contributed by atoms with E-state index in [4.69, 9.17) is 31.5 Å². The van der Waals surface area contributed by atoms with Gasteiger partial charge < -0.3 is 44.9 Å². The second-order valence-electron chi connectivity index (χ2n) is 16.9. The number of fused-ring (bicyclic) bond motifs is 1. The Labute approximate surface area is 360 Å². The maximum atomic E-state index is 14.2. The molecule has 0 spiro atoms. The Morgan fingerprint density at radius 2 is 1.59 bits per heavy atom. The second kappa shape index (κ2) is 20.6. The molecule has 2 aromatic carbocycles. The molecule has 0 saturated carbocycles. The first kappa shape index (κ1) is 46.0. The normalized spacial score (nSPS) is 19.3. The molecule has 0 bridgehead atoms. The van der Waals surface area contributed by atoms with Crippen LogP contribution in [-0.2, 0) is 38.1 Å². The van der Waals surface area contributed by atoms with Crippen molar-refractivity contribution < 1.29 is 46.6 Å². The third kappa shape index (κ3) is 12.1. The van der Waals surface area contributed by atoms with E-state index in [-0.39, 0.29) is 54.7 Å². The van der Waals surface area contributed by atoms with Crippen LogP contribution in [-0.4, -0.2) is 147 Å². The van der Waals surface area contributed by atoms with E-state index in [1.54, 1.807) is 23.0 Å². The monoisotopic (exact) mass is 877 g/mol. The number of amides is 4. The van der Waals surface area contributed by atoms with Crippen LogP contribution in [0.15, 0.2) is 30.3 Å². The summed E-state index contributed by atoms with van der Waals surface area (Å²) >= 11 is 6.16. The average Bonchev–Trinajstić information content (AvgIpc) is 3.40. The van der Waals surface area contributed by atoms with Gasteiger partial charge in [-0.3, -0.25) is 14.5 Å². The summed E-state index contributed by atoms with van der Waals surface area (Å²) < 4.78 is 58.5. The van der Waals surface area contributed by atoms with Crippen LogP contribution in [0.25, 0.3) is 0 Å². The smallest absolute Gasteiger partial charge is 0.418 e. The third-order valence-electron chi connectivity index (χ3n) is 12.6. The molecular formula is C43H59ClF3N7O7. The van der Waals surface area contributed by atoms with Gasteiger partial charge >= 0.3 is 24.3 Å². The number of likely N-dealkylation sites (tertiary alicyclic amines) is 3. The number of nitrogen functional groups attached to an aromatic ring is 1. The van der Waals surface area contributed by atoms with Crippen LogP contribution in [0.2, 0.25) is 5.02 Å². The zero-order valence-electron chi connectivity index (χ0n) is 35.3. The van der Waals surface area contributed by atoms with E-state index >= 15 is 0 Å². The zero-order valence-corrected chi connectivity index (χ0v) is 36.1. The Bertz CT molecular complexity index is 1860. The summed E-state index contributed by atoms with van der Waals surface area (Å²) in [6.45, 7) is 4.89. The number of halogens is 4. The van der Waals surface area contributed by atoms with Crippen LogP contribution < -0.4 is 15.8 Å². The van der Waals surface area contributed by atoms with Gasteiger partial charge in [0.15, 0.2) is 6.10 Å². The van der Waals surface area contributed by atoms with Gasteiger partial charge in [0.05, 0.1) is 36.5 Å². The van der Waals surface area contributed by atoms with Gasteiger partial charge in [0.25, 0.3) is 5.91 Å². The fraction of sp³-hybridized carbons (Fsp3) is 0.628. The summed E-state index contributed by atoms with van der Waals surface area (Å²) in [6, 6.07) is 7.26. The first-order valence-corrected chi connectivity index (χ1v) is 21.6. The minimum atomic E-state index is -4.79. The number of anilines is 2. The maximum Gasteiger partial charge on any atom is 0.418 e. The maximum absolute atomic E-state index is 14.2. The van der Waals surface area contributed by atoms with Gasteiger partial charge in [0, 0.05) is 57.4 Å². The van der Waals surface area contributed by atoms with Crippen LogP contribution in [0.5, 0.6) is 5.75 Å². The Hall–Kier alpha value is -4.48. The molecule has 0 radical (unpaired) electrons.